The second-order valence-corrected chi connectivity index (χ2v) is 6.95. The second kappa shape index (κ2) is 9.26. The lowest BCUT2D eigenvalue weighted by atomic mass is 9.84. The Morgan fingerprint density at radius 2 is 1.91 bits per heavy atom. The normalized spacial score (nSPS) is 18.4. The molecule has 0 spiro atoms. The summed E-state index contributed by atoms with van der Waals surface area (Å²) in [6, 6.07) is 7.04. The maximum absolute atomic E-state index is 12.0. The first-order valence-electron chi connectivity index (χ1n) is 8.52. The molecule has 1 unspecified atom stereocenters. The molecule has 2 rings (SSSR count). The molecule has 1 aromatic rings. The van der Waals surface area contributed by atoms with Gasteiger partial charge in [0.1, 0.15) is 6.10 Å². The van der Waals surface area contributed by atoms with Crippen LogP contribution in [0.3, 0.4) is 0 Å². The predicted octanol–water partition coefficient (Wildman–Crippen LogP) is 2.66. The molecule has 0 radical (unpaired) electrons. The number of hydrogen-bond donors (Lipinski definition) is 3. The van der Waals surface area contributed by atoms with Gasteiger partial charge >= 0.3 is 0 Å². The zero-order valence-corrected chi connectivity index (χ0v) is 14.3. The molecule has 4 nitrogen and oxygen atoms in total. The average molecular weight is 339 g/mol. The Morgan fingerprint density at radius 1 is 1.26 bits per heavy atom. The molecule has 1 aliphatic carbocycles. The van der Waals surface area contributed by atoms with Gasteiger partial charge in [-0.25, -0.2) is 0 Å². The number of rotatable bonds is 7. The molecular formula is C18H27ClN2O2. The quantitative estimate of drug-likeness (QED) is 0.715. The molecule has 23 heavy (non-hydrogen) atoms. The van der Waals surface area contributed by atoms with Crippen LogP contribution < -0.4 is 11.1 Å². The molecule has 1 fully saturated rings. The molecule has 1 aromatic carbocycles. The Balaban J connectivity index is 1.69. The molecule has 0 heterocycles. The lowest BCUT2D eigenvalue weighted by Crippen LogP contribution is -2.47. The number of aliphatic hydroxyl groups excluding tert-OH is 1. The van der Waals surface area contributed by atoms with Gasteiger partial charge in [-0.2, -0.15) is 0 Å². The number of nitrogens with one attached hydrogen (secondary N) is 1. The van der Waals surface area contributed by atoms with Crippen LogP contribution in [0.25, 0.3) is 0 Å². The van der Waals surface area contributed by atoms with Gasteiger partial charge in [-0.1, -0.05) is 55.8 Å². The zero-order chi connectivity index (χ0) is 16.7. The summed E-state index contributed by atoms with van der Waals surface area (Å²) in [4.78, 5) is 12.0. The van der Waals surface area contributed by atoms with E-state index in [0.29, 0.717) is 23.9 Å². The zero-order valence-electron chi connectivity index (χ0n) is 13.5. The highest BCUT2D eigenvalue weighted by Crippen LogP contribution is 2.27. The molecule has 1 saturated carbocycles. The van der Waals surface area contributed by atoms with E-state index < -0.39 is 12.1 Å². The van der Waals surface area contributed by atoms with Crippen molar-refractivity contribution in [2.45, 2.75) is 57.1 Å². The van der Waals surface area contributed by atoms with Gasteiger partial charge in [0.2, 0.25) is 5.91 Å². The summed E-state index contributed by atoms with van der Waals surface area (Å²) in [6.07, 6.45) is 6.40. The highest BCUT2D eigenvalue weighted by molar-refractivity contribution is 6.30. The molecule has 128 valence electrons. The average Bonchev–Trinajstić information content (AvgIpc) is 2.56. The first-order valence-corrected chi connectivity index (χ1v) is 8.90. The van der Waals surface area contributed by atoms with Crippen LogP contribution in [-0.2, 0) is 11.2 Å². The molecule has 1 amide bonds. The fraction of sp³-hybridized carbons (Fsp3) is 0.611. The topological polar surface area (TPSA) is 75.3 Å². The van der Waals surface area contributed by atoms with Crippen LogP contribution >= 0.6 is 11.6 Å². The van der Waals surface area contributed by atoms with Gasteiger partial charge in [0.05, 0.1) is 0 Å². The minimum absolute atomic E-state index is 0.373. The first-order chi connectivity index (χ1) is 11.1. The fourth-order valence-corrected chi connectivity index (χ4v) is 3.34. The van der Waals surface area contributed by atoms with Crippen molar-refractivity contribution in [2.24, 2.45) is 11.7 Å². The highest BCUT2D eigenvalue weighted by Gasteiger charge is 2.26. The Labute approximate surface area is 143 Å². The predicted molar refractivity (Wildman–Crippen MR) is 93.3 cm³/mol. The minimum atomic E-state index is -1.12. The molecule has 1 aliphatic rings. The van der Waals surface area contributed by atoms with Crippen LogP contribution in [0, 0.1) is 5.92 Å². The van der Waals surface area contributed by atoms with Crippen molar-refractivity contribution in [3.8, 4) is 0 Å². The third kappa shape index (κ3) is 6.13. The Morgan fingerprint density at radius 3 is 2.57 bits per heavy atom. The van der Waals surface area contributed by atoms with Crippen molar-refractivity contribution in [1.82, 2.24) is 5.32 Å². The van der Waals surface area contributed by atoms with Gasteiger partial charge in [-0.3, -0.25) is 4.79 Å². The summed E-state index contributed by atoms with van der Waals surface area (Å²) >= 11 is 5.84. The van der Waals surface area contributed by atoms with E-state index in [1.807, 2.05) is 24.3 Å². The maximum atomic E-state index is 12.0. The summed E-state index contributed by atoms with van der Waals surface area (Å²) in [5.41, 5.74) is 7.12. The van der Waals surface area contributed by atoms with Crippen LogP contribution in [0.15, 0.2) is 24.3 Å². The standard InChI is InChI=1S/C18H27ClN2O2/c19-15-8-6-13(7-9-15)10-11-21-18(23)17(22)16(20)12-14-4-2-1-3-5-14/h6-9,14,16-17,22H,1-5,10-12,20H2,(H,21,23)/t16-,17?/m1/s1. The van der Waals surface area contributed by atoms with Crippen LogP contribution in [0.2, 0.25) is 5.02 Å². The highest BCUT2D eigenvalue weighted by atomic mass is 35.5. The number of aliphatic hydroxyl groups is 1. The van der Waals surface area contributed by atoms with E-state index in [2.05, 4.69) is 5.32 Å². The molecular weight excluding hydrogens is 312 g/mol. The van der Waals surface area contributed by atoms with Crippen LogP contribution in [0.5, 0.6) is 0 Å². The molecule has 0 aromatic heterocycles. The van der Waals surface area contributed by atoms with Crippen molar-refractivity contribution >= 4 is 17.5 Å². The van der Waals surface area contributed by atoms with Crippen LogP contribution in [0.4, 0.5) is 0 Å². The van der Waals surface area contributed by atoms with Crippen molar-refractivity contribution < 1.29 is 9.90 Å². The summed E-state index contributed by atoms with van der Waals surface area (Å²) in [5, 5.41) is 13.6. The van der Waals surface area contributed by atoms with Crippen LogP contribution in [0.1, 0.15) is 44.1 Å². The summed E-state index contributed by atoms with van der Waals surface area (Å²) in [5.74, 6) is 0.178. The van der Waals surface area contributed by atoms with Crippen LogP contribution in [-0.4, -0.2) is 29.7 Å². The third-order valence-electron chi connectivity index (χ3n) is 4.63. The van der Waals surface area contributed by atoms with E-state index in [4.69, 9.17) is 17.3 Å². The monoisotopic (exact) mass is 338 g/mol. The van der Waals surface area contributed by atoms with E-state index in [-0.39, 0.29) is 5.91 Å². The van der Waals surface area contributed by atoms with Gasteiger partial charge in [-0.05, 0) is 36.5 Å². The molecule has 0 aliphatic heterocycles. The summed E-state index contributed by atoms with van der Waals surface area (Å²) in [6.45, 7) is 0.480. The van der Waals surface area contributed by atoms with Gasteiger partial charge in [0.25, 0.3) is 0 Å². The lowest BCUT2D eigenvalue weighted by molar-refractivity contribution is -0.130. The van der Waals surface area contributed by atoms with Gasteiger partial charge in [-0.15, -0.1) is 0 Å². The van der Waals surface area contributed by atoms with E-state index in [1.165, 1.54) is 32.1 Å². The van der Waals surface area contributed by atoms with Gasteiger partial charge < -0.3 is 16.2 Å². The molecule has 0 bridgehead atoms. The van der Waals surface area contributed by atoms with Crippen molar-refractivity contribution in [2.75, 3.05) is 6.54 Å². The number of carbonyl (C=O) groups excluding carboxylic acids is 1. The van der Waals surface area contributed by atoms with Gasteiger partial charge in [0.15, 0.2) is 0 Å². The largest absolute Gasteiger partial charge is 0.382 e. The Hall–Kier alpha value is -1.10. The summed E-state index contributed by atoms with van der Waals surface area (Å²) in [7, 11) is 0. The van der Waals surface area contributed by atoms with Crippen molar-refractivity contribution in [1.29, 1.82) is 0 Å². The molecule has 0 saturated heterocycles. The van der Waals surface area contributed by atoms with Gasteiger partial charge in [0, 0.05) is 17.6 Å². The van der Waals surface area contributed by atoms with E-state index in [1.54, 1.807) is 0 Å². The first kappa shape index (κ1) is 18.2. The number of hydrogen-bond acceptors (Lipinski definition) is 3. The van der Waals surface area contributed by atoms with E-state index in [9.17, 15) is 9.90 Å². The third-order valence-corrected chi connectivity index (χ3v) is 4.88. The number of amides is 1. The smallest absolute Gasteiger partial charge is 0.250 e. The number of halogens is 1. The molecule has 5 heteroatoms. The Bertz CT molecular complexity index is 486. The SMILES string of the molecule is N[C@H](CC1CCCCC1)C(O)C(=O)NCCc1ccc(Cl)cc1. The second-order valence-electron chi connectivity index (χ2n) is 6.52. The maximum Gasteiger partial charge on any atom is 0.250 e. The number of carbonyl (C=O) groups is 1. The minimum Gasteiger partial charge on any atom is -0.382 e. The Kier molecular flexibility index (Phi) is 7.34. The number of benzene rings is 1. The van der Waals surface area contributed by atoms with Crippen molar-refractivity contribution in [3.63, 3.8) is 0 Å². The van der Waals surface area contributed by atoms with E-state index in [0.717, 1.165) is 12.0 Å². The molecule has 2 atom stereocenters. The lowest BCUT2D eigenvalue weighted by Gasteiger charge is -2.26. The summed E-state index contributed by atoms with van der Waals surface area (Å²) < 4.78 is 0. The van der Waals surface area contributed by atoms with E-state index >= 15 is 0 Å². The number of nitrogens with two attached hydrogens (primary N) is 1. The van der Waals surface area contributed by atoms with Crippen molar-refractivity contribution in [3.05, 3.63) is 34.9 Å². The fourth-order valence-electron chi connectivity index (χ4n) is 3.22. The molecule has 4 N–H and O–H groups in total.